The minimum atomic E-state index is -4.61. The molecule has 0 saturated carbocycles. The van der Waals surface area contributed by atoms with Gasteiger partial charge in [-0.15, -0.1) is 5.10 Å². The number of hydrogen-bond donors (Lipinski definition) is 5. The number of carbonyl (C=O) groups excluding carboxylic acids is 2. The van der Waals surface area contributed by atoms with Crippen LogP contribution >= 0.6 is 11.6 Å². The Morgan fingerprint density at radius 2 is 1.94 bits per heavy atom. The molecule has 13 nitrogen and oxygen atoms in total. The third-order valence-corrected chi connectivity index (χ3v) is 8.27. The Morgan fingerprint density at radius 3 is 2.66 bits per heavy atom. The number of rotatable bonds is 12. The second-order valence-electron chi connectivity index (χ2n) is 11.5. The van der Waals surface area contributed by atoms with Crippen LogP contribution in [-0.4, -0.2) is 67.6 Å². The predicted octanol–water partition coefficient (Wildman–Crippen LogP) is 5.21. The summed E-state index contributed by atoms with van der Waals surface area (Å²) in [6.07, 6.45) is 4.29. The maximum atomic E-state index is 14.1. The molecular formula is C33H37ClF3N9O4. The smallest absolute Gasteiger partial charge is 0.379 e. The van der Waals surface area contributed by atoms with Crippen LogP contribution < -0.4 is 21.5 Å². The van der Waals surface area contributed by atoms with Gasteiger partial charge in [-0.25, -0.2) is 4.68 Å². The number of benzene rings is 1. The highest BCUT2D eigenvalue weighted by atomic mass is 35.5. The monoisotopic (exact) mass is 715 g/mol. The summed E-state index contributed by atoms with van der Waals surface area (Å²) in [4.78, 5) is 47.2. The van der Waals surface area contributed by atoms with E-state index in [1.165, 1.54) is 6.20 Å². The summed E-state index contributed by atoms with van der Waals surface area (Å²) in [6, 6.07) is 4.42. The first kappa shape index (κ1) is 36.2. The summed E-state index contributed by atoms with van der Waals surface area (Å²) in [5.41, 5.74) is 1.09. The van der Waals surface area contributed by atoms with Crippen LogP contribution in [0.4, 0.5) is 24.5 Å². The molecule has 266 valence electrons. The number of pyridine rings is 1. The number of nitrogens with one attached hydrogen (secondary N) is 5. The van der Waals surface area contributed by atoms with Crippen molar-refractivity contribution in [3.8, 4) is 0 Å². The Morgan fingerprint density at radius 1 is 1.14 bits per heavy atom. The van der Waals surface area contributed by atoms with E-state index < -0.39 is 29.8 Å². The molecule has 17 heteroatoms. The van der Waals surface area contributed by atoms with E-state index in [2.05, 4.69) is 36.1 Å². The van der Waals surface area contributed by atoms with Gasteiger partial charge in [0, 0.05) is 44.1 Å². The third-order valence-electron chi connectivity index (χ3n) is 7.96. The van der Waals surface area contributed by atoms with Crippen molar-refractivity contribution in [2.24, 2.45) is 7.05 Å². The second kappa shape index (κ2) is 16.1. The molecule has 5 rings (SSSR count). The zero-order valence-electron chi connectivity index (χ0n) is 27.4. The van der Waals surface area contributed by atoms with Gasteiger partial charge < -0.3 is 25.7 Å². The van der Waals surface area contributed by atoms with E-state index >= 15 is 0 Å². The fraction of sp³-hybridized carbons (Fsp3) is 0.364. The van der Waals surface area contributed by atoms with Gasteiger partial charge in [0.05, 0.1) is 46.3 Å². The molecule has 4 aromatic rings. The number of aromatic amines is 2. The van der Waals surface area contributed by atoms with Gasteiger partial charge >= 0.3 is 6.18 Å². The van der Waals surface area contributed by atoms with Gasteiger partial charge in [-0.1, -0.05) is 24.6 Å². The van der Waals surface area contributed by atoms with E-state index in [-0.39, 0.29) is 22.3 Å². The SMILES string of the molecule is CCc1[nH]n(C)c(C2=CCOCC2)nn(CC(=O)Nc2ccc(C(F)(F)F)cc2Cl)c(=O)c1NCCCCNC(=O)c1cncc2cc[nH]c12. The Hall–Kier alpha value is -5.09. The molecule has 0 bridgehead atoms. The number of hydrogen-bond acceptors (Lipinski definition) is 7. The van der Waals surface area contributed by atoms with Crippen molar-refractivity contribution >= 4 is 51.3 Å². The van der Waals surface area contributed by atoms with E-state index in [1.54, 1.807) is 24.1 Å². The Labute approximate surface area is 289 Å². The normalized spacial score (nSPS) is 13.1. The molecule has 2 amide bonds. The number of aromatic nitrogens is 6. The highest BCUT2D eigenvalue weighted by Gasteiger charge is 2.31. The molecule has 0 atom stereocenters. The topological polar surface area (TPSA) is 164 Å². The summed E-state index contributed by atoms with van der Waals surface area (Å²) >= 11 is 6.06. The van der Waals surface area contributed by atoms with Crippen molar-refractivity contribution in [3.63, 3.8) is 0 Å². The zero-order valence-corrected chi connectivity index (χ0v) is 28.2. The van der Waals surface area contributed by atoms with Crippen LogP contribution in [0.5, 0.6) is 0 Å². The van der Waals surface area contributed by atoms with Crippen LogP contribution in [0.15, 0.2) is 53.7 Å². The highest BCUT2D eigenvalue weighted by Crippen LogP contribution is 2.33. The lowest BCUT2D eigenvalue weighted by Gasteiger charge is -2.18. The van der Waals surface area contributed by atoms with Crippen molar-refractivity contribution in [3.05, 3.63) is 87.0 Å². The molecule has 0 aliphatic carbocycles. The molecule has 4 heterocycles. The summed E-state index contributed by atoms with van der Waals surface area (Å²) in [5.74, 6) is -0.580. The first-order chi connectivity index (χ1) is 24.0. The van der Waals surface area contributed by atoms with Crippen molar-refractivity contribution in [2.75, 3.05) is 36.9 Å². The molecule has 0 fully saturated rings. The van der Waals surface area contributed by atoms with E-state index in [9.17, 15) is 27.6 Å². The molecule has 0 unspecified atom stereocenters. The zero-order chi connectivity index (χ0) is 35.8. The molecule has 0 saturated heterocycles. The van der Waals surface area contributed by atoms with E-state index in [4.69, 9.17) is 16.3 Å². The summed E-state index contributed by atoms with van der Waals surface area (Å²) in [5, 5.41) is 16.9. The van der Waals surface area contributed by atoms with Crippen LogP contribution in [-0.2, 0) is 35.7 Å². The molecule has 1 aliphatic rings. The van der Waals surface area contributed by atoms with E-state index in [0.717, 1.165) is 33.8 Å². The first-order valence-electron chi connectivity index (χ1n) is 16.0. The summed E-state index contributed by atoms with van der Waals surface area (Å²) in [7, 11) is 1.74. The maximum absolute atomic E-state index is 14.1. The van der Waals surface area contributed by atoms with Gasteiger partial charge in [0.2, 0.25) is 5.91 Å². The standard InChI is InChI=1S/C33H37ClF3N9O4/c1-3-25-29(39-11-4-5-12-41-31(48)23-18-38-17-21-8-13-40-28(21)23)32(49)46(44-30(45(2)43-25)20-9-14-50-15-10-20)19-27(47)42-26-7-6-22(16-24(26)34)33(35,36)37/h6-9,13,16-18,39-40,43H,3-5,10-12,14-15,19H2,1-2H3,(H,41,48)(H,42,47). The second-order valence-corrected chi connectivity index (χ2v) is 11.9. The molecule has 0 radical (unpaired) electrons. The number of anilines is 2. The number of carbonyl (C=O) groups is 2. The lowest BCUT2D eigenvalue weighted by Crippen LogP contribution is -2.33. The van der Waals surface area contributed by atoms with Gasteiger partial charge in [0.25, 0.3) is 11.5 Å². The van der Waals surface area contributed by atoms with Crippen molar-refractivity contribution in [1.29, 1.82) is 0 Å². The largest absolute Gasteiger partial charge is 0.416 e. The number of nitrogens with zero attached hydrogens (tertiary/aromatic N) is 4. The van der Waals surface area contributed by atoms with Gasteiger partial charge in [-0.05, 0) is 55.5 Å². The lowest BCUT2D eigenvalue weighted by molar-refractivity contribution is -0.137. The van der Waals surface area contributed by atoms with E-state index in [1.807, 2.05) is 19.1 Å². The number of fused-ring (bicyclic) bond motifs is 1. The fourth-order valence-electron chi connectivity index (χ4n) is 5.38. The number of amides is 2. The highest BCUT2D eigenvalue weighted by molar-refractivity contribution is 6.33. The molecule has 50 heavy (non-hydrogen) atoms. The molecule has 1 aromatic carbocycles. The van der Waals surface area contributed by atoms with Gasteiger partial charge in [0.15, 0.2) is 5.82 Å². The summed E-state index contributed by atoms with van der Waals surface area (Å²) < 4.78 is 47.5. The first-order valence-corrected chi connectivity index (χ1v) is 16.3. The molecule has 3 aromatic heterocycles. The average molecular weight is 716 g/mol. The van der Waals surface area contributed by atoms with Crippen LogP contribution in [0.3, 0.4) is 0 Å². The van der Waals surface area contributed by atoms with E-state index in [0.29, 0.717) is 74.6 Å². The number of alkyl halides is 3. The average Bonchev–Trinajstić information content (AvgIpc) is 3.58. The number of aryl methyl sites for hydroxylation is 2. The van der Waals surface area contributed by atoms with Crippen LogP contribution in [0.2, 0.25) is 5.02 Å². The minimum absolute atomic E-state index is 0.0460. The van der Waals surface area contributed by atoms with Crippen molar-refractivity contribution in [2.45, 2.75) is 45.3 Å². The lowest BCUT2D eigenvalue weighted by atomic mass is 10.1. The van der Waals surface area contributed by atoms with Crippen LogP contribution in [0, 0.1) is 0 Å². The number of H-pyrrole nitrogens is 2. The molecule has 0 spiro atoms. The maximum Gasteiger partial charge on any atom is 0.416 e. The molecular weight excluding hydrogens is 679 g/mol. The van der Waals surface area contributed by atoms with Gasteiger partial charge in [-0.3, -0.25) is 29.1 Å². The summed E-state index contributed by atoms with van der Waals surface area (Å²) in [6.45, 7) is 2.86. The number of halogens is 4. The van der Waals surface area contributed by atoms with Gasteiger partial charge in [0.1, 0.15) is 12.2 Å². The number of ether oxygens (including phenoxy) is 1. The Kier molecular flexibility index (Phi) is 11.6. The van der Waals surface area contributed by atoms with Crippen LogP contribution in [0.25, 0.3) is 16.5 Å². The quantitative estimate of drug-likeness (QED) is 0.126. The number of unbranched alkanes of at least 4 members (excludes halogenated alkanes) is 1. The fourth-order valence-corrected chi connectivity index (χ4v) is 5.61. The third kappa shape index (κ3) is 8.73. The molecule has 1 aliphatic heterocycles. The molecule has 5 N–H and O–H groups in total. The van der Waals surface area contributed by atoms with Crippen molar-refractivity contribution < 1.29 is 27.5 Å². The Bertz CT molecular complexity index is 2010. The van der Waals surface area contributed by atoms with Crippen molar-refractivity contribution in [1.82, 2.24) is 34.8 Å². The minimum Gasteiger partial charge on any atom is -0.379 e. The van der Waals surface area contributed by atoms with Gasteiger partial charge in [-0.2, -0.15) is 13.2 Å². The Balaban J connectivity index is 1.34. The predicted molar refractivity (Wildman–Crippen MR) is 183 cm³/mol. The van der Waals surface area contributed by atoms with Crippen LogP contribution in [0.1, 0.15) is 53.6 Å².